The van der Waals surface area contributed by atoms with Crippen LogP contribution in [0.15, 0.2) is 12.5 Å². The lowest BCUT2D eigenvalue weighted by Crippen LogP contribution is -2.21. The van der Waals surface area contributed by atoms with Crippen LogP contribution in [0.4, 0.5) is 0 Å². The molecule has 0 bridgehead atoms. The summed E-state index contributed by atoms with van der Waals surface area (Å²) in [7, 11) is 0. The van der Waals surface area contributed by atoms with Crippen LogP contribution in [-0.4, -0.2) is 29.3 Å². The zero-order chi connectivity index (χ0) is 11.4. The van der Waals surface area contributed by atoms with Crippen molar-refractivity contribution in [2.45, 2.75) is 32.9 Å². The van der Waals surface area contributed by atoms with E-state index >= 15 is 0 Å². The van der Waals surface area contributed by atoms with Crippen LogP contribution >= 0.6 is 0 Å². The third kappa shape index (κ3) is 2.44. The van der Waals surface area contributed by atoms with Gasteiger partial charge in [-0.15, -0.1) is 0 Å². The van der Waals surface area contributed by atoms with E-state index in [1.54, 1.807) is 0 Å². The van der Waals surface area contributed by atoms with E-state index in [0.29, 0.717) is 12.0 Å². The van der Waals surface area contributed by atoms with Crippen LogP contribution in [0.25, 0.3) is 0 Å². The summed E-state index contributed by atoms with van der Waals surface area (Å²) in [5, 5.41) is 3.34. The normalized spacial score (nSPS) is 22.5. The molecule has 1 aliphatic heterocycles. The van der Waals surface area contributed by atoms with Crippen molar-refractivity contribution in [1.29, 1.82) is 0 Å². The molecule has 1 aliphatic rings. The predicted molar refractivity (Wildman–Crippen MR) is 63.2 cm³/mol. The van der Waals surface area contributed by atoms with Crippen molar-refractivity contribution < 1.29 is 4.74 Å². The minimum Gasteiger partial charge on any atom is -0.381 e. The van der Waals surface area contributed by atoms with E-state index in [0.717, 1.165) is 26.3 Å². The van der Waals surface area contributed by atoms with Crippen LogP contribution < -0.4 is 5.32 Å². The van der Waals surface area contributed by atoms with Crippen molar-refractivity contribution in [2.75, 3.05) is 19.8 Å². The molecule has 16 heavy (non-hydrogen) atoms. The van der Waals surface area contributed by atoms with Gasteiger partial charge < -0.3 is 14.6 Å². The Balaban J connectivity index is 2.03. The Hall–Kier alpha value is -0.870. The zero-order valence-electron chi connectivity index (χ0n) is 10.1. The number of hydrogen-bond acceptors (Lipinski definition) is 3. The molecule has 0 saturated carbocycles. The van der Waals surface area contributed by atoms with E-state index < -0.39 is 0 Å². The fourth-order valence-electron chi connectivity index (χ4n) is 2.25. The fraction of sp³-hybridized carbons (Fsp3) is 0.750. The maximum atomic E-state index is 5.45. The largest absolute Gasteiger partial charge is 0.381 e. The molecule has 4 nitrogen and oxygen atoms in total. The number of nitrogens with one attached hydrogen (secondary N) is 1. The first-order valence-corrected chi connectivity index (χ1v) is 6.12. The highest BCUT2D eigenvalue weighted by Gasteiger charge is 2.24. The van der Waals surface area contributed by atoms with E-state index in [2.05, 4.69) is 28.7 Å². The predicted octanol–water partition coefficient (Wildman–Crippen LogP) is 1.59. The SMILES string of the molecule is CCNCc1cncn1C(C)C1CCOC1. The highest BCUT2D eigenvalue weighted by Crippen LogP contribution is 2.26. The molecule has 1 saturated heterocycles. The molecule has 0 aliphatic carbocycles. The van der Waals surface area contributed by atoms with Crippen LogP contribution in [0.3, 0.4) is 0 Å². The summed E-state index contributed by atoms with van der Waals surface area (Å²) in [5.74, 6) is 0.634. The Morgan fingerprint density at radius 3 is 3.25 bits per heavy atom. The average molecular weight is 223 g/mol. The minimum atomic E-state index is 0.485. The number of imidazole rings is 1. The Labute approximate surface area is 97.0 Å². The molecule has 1 aromatic heterocycles. The molecular weight excluding hydrogens is 202 g/mol. The van der Waals surface area contributed by atoms with Gasteiger partial charge in [0.25, 0.3) is 0 Å². The van der Waals surface area contributed by atoms with Crippen molar-refractivity contribution >= 4 is 0 Å². The Morgan fingerprint density at radius 1 is 1.69 bits per heavy atom. The average Bonchev–Trinajstić information content (AvgIpc) is 2.96. The molecule has 0 aromatic carbocycles. The summed E-state index contributed by atoms with van der Waals surface area (Å²) < 4.78 is 7.73. The van der Waals surface area contributed by atoms with Crippen molar-refractivity contribution in [2.24, 2.45) is 5.92 Å². The Bertz CT molecular complexity index is 318. The molecular formula is C12H21N3O. The molecule has 1 fully saturated rings. The summed E-state index contributed by atoms with van der Waals surface area (Å²) in [6, 6.07) is 0.485. The van der Waals surface area contributed by atoms with Crippen molar-refractivity contribution in [3.05, 3.63) is 18.2 Å². The number of aromatic nitrogens is 2. The van der Waals surface area contributed by atoms with Crippen LogP contribution in [-0.2, 0) is 11.3 Å². The first-order chi connectivity index (χ1) is 7.83. The van der Waals surface area contributed by atoms with Crippen LogP contribution in [0.1, 0.15) is 32.0 Å². The van der Waals surface area contributed by atoms with Crippen LogP contribution in [0, 0.1) is 5.92 Å². The molecule has 1 aromatic rings. The van der Waals surface area contributed by atoms with E-state index in [1.165, 1.54) is 12.1 Å². The van der Waals surface area contributed by atoms with Gasteiger partial charge in [-0.25, -0.2) is 4.98 Å². The lowest BCUT2D eigenvalue weighted by atomic mass is 10.0. The summed E-state index contributed by atoms with van der Waals surface area (Å²) >= 11 is 0. The molecule has 2 rings (SSSR count). The molecule has 4 heteroatoms. The molecule has 2 atom stereocenters. The van der Waals surface area contributed by atoms with E-state index in [-0.39, 0.29) is 0 Å². The van der Waals surface area contributed by atoms with Gasteiger partial charge in [-0.05, 0) is 19.9 Å². The van der Waals surface area contributed by atoms with Crippen LogP contribution in [0.5, 0.6) is 0 Å². The number of hydrogen-bond donors (Lipinski definition) is 1. The van der Waals surface area contributed by atoms with E-state index in [4.69, 9.17) is 4.74 Å². The van der Waals surface area contributed by atoms with Crippen molar-refractivity contribution in [1.82, 2.24) is 14.9 Å². The van der Waals surface area contributed by atoms with Crippen molar-refractivity contribution in [3.63, 3.8) is 0 Å². The van der Waals surface area contributed by atoms with Gasteiger partial charge in [-0.3, -0.25) is 0 Å². The van der Waals surface area contributed by atoms with Crippen LogP contribution in [0.2, 0.25) is 0 Å². The van der Waals surface area contributed by atoms with Gasteiger partial charge in [0.1, 0.15) is 0 Å². The van der Waals surface area contributed by atoms with Crippen molar-refractivity contribution in [3.8, 4) is 0 Å². The highest BCUT2D eigenvalue weighted by atomic mass is 16.5. The first kappa shape index (κ1) is 11.6. The third-order valence-electron chi connectivity index (χ3n) is 3.39. The summed E-state index contributed by atoms with van der Waals surface area (Å²) in [4.78, 5) is 4.25. The molecule has 0 amide bonds. The molecule has 2 unspecified atom stereocenters. The first-order valence-electron chi connectivity index (χ1n) is 6.12. The highest BCUT2D eigenvalue weighted by molar-refractivity contribution is 5.00. The van der Waals surface area contributed by atoms with Gasteiger partial charge in [0, 0.05) is 31.3 Å². The number of rotatable bonds is 5. The summed E-state index contributed by atoms with van der Waals surface area (Å²) in [6.45, 7) is 8.07. The van der Waals surface area contributed by atoms with Gasteiger partial charge >= 0.3 is 0 Å². The van der Waals surface area contributed by atoms with Gasteiger partial charge in [-0.1, -0.05) is 6.92 Å². The number of ether oxygens (including phenoxy) is 1. The molecule has 1 N–H and O–H groups in total. The third-order valence-corrected chi connectivity index (χ3v) is 3.39. The zero-order valence-corrected chi connectivity index (χ0v) is 10.1. The number of nitrogens with zero attached hydrogens (tertiary/aromatic N) is 2. The van der Waals surface area contributed by atoms with E-state index in [1.807, 2.05) is 12.5 Å². The van der Waals surface area contributed by atoms with Gasteiger partial charge in [0.2, 0.25) is 0 Å². The molecule has 0 spiro atoms. The molecule has 2 heterocycles. The van der Waals surface area contributed by atoms with Gasteiger partial charge in [0.05, 0.1) is 18.6 Å². The minimum absolute atomic E-state index is 0.485. The molecule has 90 valence electrons. The molecule has 0 radical (unpaired) electrons. The summed E-state index contributed by atoms with van der Waals surface area (Å²) in [6.07, 6.45) is 5.06. The van der Waals surface area contributed by atoms with Gasteiger partial charge in [0.15, 0.2) is 0 Å². The fourth-order valence-corrected chi connectivity index (χ4v) is 2.25. The smallest absolute Gasteiger partial charge is 0.0951 e. The lowest BCUT2D eigenvalue weighted by Gasteiger charge is -2.21. The summed E-state index contributed by atoms with van der Waals surface area (Å²) in [5.41, 5.74) is 1.27. The lowest BCUT2D eigenvalue weighted by molar-refractivity contribution is 0.174. The quantitative estimate of drug-likeness (QED) is 0.824. The maximum absolute atomic E-state index is 5.45. The van der Waals surface area contributed by atoms with Gasteiger partial charge in [-0.2, -0.15) is 0 Å². The second-order valence-corrected chi connectivity index (χ2v) is 4.44. The Morgan fingerprint density at radius 2 is 2.56 bits per heavy atom. The Kier molecular flexibility index (Phi) is 3.96. The second kappa shape index (κ2) is 5.46. The monoisotopic (exact) mass is 223 g/mol. The maximum Gasteiger partial charge on any atom is 0.0951 e. The second-order valence-electron chi connectivity index (χ2n) is 4.44. The van der Waals surface area contributed by atoms with E-state index in [9.17, 15) is 0 Å². The standard InChI is InChI=1S/C12H21N3O/c1-3-13-6-12-7-14-9-15(12)10(2)11-4-5-16-8-11/h7,9-11,13H,3-6,8H2,1-2H3. The topological polar surface area (TPSA) is 39.1 Å².